The Kier molecular flexibility index (Phi) is 8.86. The maximum absolute atomic E-state index is 14.4. The lowest BCUT2D eigenvalue weighted by molar-refractivity contribution is -0.146. The number of aryl methyl sites for hydroxylation is 3. The van der Waals surface area contributed by atoms with Gasteiger partial charge in [0, 0.05) is 5.75 Å². The van der Waals surface area contributed by atoms with E-state index in [-0.39, 0.29) is 5.78 Å². The minimum absolute atomic E-state index is 0.00229. The Labute approximate surface area is 208 Å². The third kappa shape index (κ3) is 5.68. The number of rotatable bonds is 9. The first-order valence-corrected chi connectivity index (χ1v) is 13.2. The second kappa shape index (κ2) is 11.4. The smallest absolute Gasteiger partial charge is 0.320 e. The van der Waals surface area contributed by atoms with E-state index in [0.29, 0.717) is 11.7 Å². The average molecular weight is 483 g/mol. The highest BCUT2D eigenvalue weighted by atomic mass is 32.2. The summed E-state index contributed by atoms with van der Waals surface area (Å²) in [7, 11) is 3.04. The second-order valence-corrected chi connectivity index (χ2v) is 11.0. The van der Waals surface area contributed by atoms with Crippen LogP contribution in [0.2, 0.25) is 0 Å². The van der Waals surface area contributed by atoms with E-state index < -0.39 is 16.6 Å². The number of methoxy groups -OCH3 is 2. The van der Waals surface area contributed by atoms with Crippen molar-refractivity contribution >= 4 is 23.5 Å². The van der Waals surface area contributed by atoms with E-state index in [1.54, 1.807) is 18.9 Å². The molecule has 1 aliphatic rings. The van der Waals surface area contributed by atoms with Gasteiger partial charge in [0.1, 0.15) is 11.7 Å². The molecule has 2 aromatic carbocycles. The maximum Gasteiger partial charge on any atom is 0.320 e. The Balaban J connectivity index is 1.98. The molecule has 5 heteroatoms. The van der Waals surface area contributed by atoms with Crippen molar-refractivity contribution < 1.29 is 19.1 Å². The van der Waals surface area contributed by atoms with E-state index in [4.69, 9.17) is 9.47 Å². The van der Waals surface area contributed by atoms with Crippen LogP contribution in [0.25, 0.3) is 0 Å². The zero-order chi connectivity index (χ0) is 24.9. The molecule has 3 rings (SSSR count). The van der Waals surface area contributed by atoms with Crippen LogP contribution in [-0.2, 0) is 20.1 Å². The fourth-order valence-electron chi connectivity index (χ4n) is 5.34. The van der Waals surface area contributed by atoms with E-state index >= 15 is 0 Å². The van der Waals surface area contributed by atoms with Crippen LogP contribution in [0.3, 0.4) is 0 Å². The summed E-state index contributed by atoms with van der Waals surface area (Å²) in [4.78, 5) is 27.5. The molecular weight excluding hydrogens is 444 g/mol. The maximum atomic E-state index is 14.4. The van der Waals surface area contributed by atoms with Crippen LogP contribution in [0.15, 0.2) is 36.4 Å². The molecule has 2 aromatic rings. The van der Waals surface area contributed by atoms with Gasteiger partial charge in [-0.2, -0.15) is 0 Å². The van der Waals surface area contributed by atoms with Gasteiger partial charge in [0.05, 0.1) is 19.0 Å². The summed E-state index contributed by atoms with van der Waals surface area (Å²) in [6, 6.07) is 12.1. The summed E-state index contributed by atoms with van der Waals surface area (Å²) >= 11 is 1.70. The lowest BCUT2D eigenvalue weighted by atomic mass is 9.73. The molecule has 0 radical (unpaired) electrons. The van der Waals surface area contributed by atoms with Crippen LogP contribution >= 0.6 is 11.8 Å². The van der Waals surface area contributed by atoms with Crippen molar-refractivity contribution in [1.82, 2.24) is 0 Å². The molecule has 0 saturated heterocycles. The SMILES string of the molecule is CCC1CCC(SCc2ccc(OC)cc2)(C(=O)C(C(=O)OC)c2c(C)cc(C)cc2C)CC1. The first kappa shape index (κ1) is 26.3. The van der Waals surface area contributed by atoms with Gasteiger partial charge in [0.15, 0.2) is 5.78 Å². The first-order chi connectivity index (χ1) is 16.2. The molecule has 34 heavy (non-hydrogen) atoms. The molecule has 1 unspecified atom stereocenters. The molecule has 1 fully saturated rings. The number of benzene rings is 2. The predicted octanol–water partition coefficient (Wildman–Crippen LogP) is 6.72. The molecule has 1 atom stereocenters. The van der Waals surface area contributed by atoms with Gasteiger partial charge in [0.2, 0.25) is 0 Å². The second-order valence-electron chi connectivity index (χ2n) is 9.62. The molecule has 184 valence electrons. The van der Waals surface area contributed by atoms with E-state index in [1.807, 2.05) is 45.0 Å². The summed E-state index contributed by atoms with van der Waals surface area (Å²) < 4.78 is 9.89. The number of thioether (sulfide) groups is 1. The van der Waals surface area contributed by atoms with Crippen LogP contribution in [0.4, 0.5) is 0 Å². The van der Waals surface area contributed by atoms with Crippen LogP contribution in [0, 0.1) is 26.7 Å². The van der Waals surface area contributed by atoms with Gasteiger partial charge in [-0.1, -0.05) is 43.2 Å². The normalized spacial score (nSPS) is 21.1. The summed E-state index contributed by atoms with van der Waals surface area (Å²) in [5, 5.41) is 0. The van der Waals surface area contributed by atoms with Gasteiger partial charge < -0.3 is 9.47 Å². The lowest BCUT2D eigenvalue weighted by Gasteiger charge is -2.40. The Morgan fingerprint density at radius 1 is 1.03 bits per heavy atom. The van der Waals surface area contributed by atoms with Gasteiger partial charge >= 0.3 is 5.97 Å². The van der Waals surface area contributed by atoms with Crippen molar-refractivity contribution in [3.05, 3.63) is 64.2 Å². The number of ether oxygens (including phenoxy) is 2. The number of hydrogen-bond donors (Lipinski definition) is 0. The molecule has 0 amide bonds. The fraction of sp³-hybridized carbons (Fsp3) is 0.517. The van der Waals surface area contributed by atoms with Crippen LogP contribution in [0.5, 0.6) is 5.75 Å². The van der Waals surface area contributed by atoms with Crippen molar-refractivity contribution in [2.45, 2.75) is 76.2 Å². The van der Waals surface area contributed by atoms with Crippen molar-refractivity contribution in [2.24, 2.45) is 5.92 Å². The molecule has 4 nitrogen and oxygen atoms in total. The number of Topliss-reactive ketones (excluding diaryl/α,β-unsaturated/α-hetero) is 1. The number of esters is 1. The molecule has 1 saturated carbocycles. The summed E-state index contributed by atoms with van der Waals surface area (Å²) in [5.74, 6) is 0.824. The predicted molar refractivity (Wildman–Crippen MR) is 140 cm³/mol. The van der Waals surface area contributed by atoms with Crippen LogP contribution < -0.4 is 4.74 Å². The molecule has 0 spiro atoms. The van der Waals surface area contributed by atoms with Crippen molar-refractivity contribution in [2.75, 3.05) is 14.2 Å². The highest BCUT2D eigenvalue weighted by Crippen LogP contribution is 2.48. The van der Waals surface area contributed by atoms with Gasteiger partial charge in [-0.25, -0.2) is 0 Å². The zero-order valence-electron chi connectivity index (χ0n) is 21.4. The third-order valence-electron chi connectivity index (χ3n) is 7.34. The topological polar surface area (TPSA) is 52.6 Å². The van der Waals surface area contributed by atoms with Gasteiger partial charge in [-0.3, -0.25) is 9.59 Å². The number of ketones is 1. The van der Waals surface area contributed by atoms with Gasteiger partial charge in [-0.15, -0.1) is 11.8 Å². The monoisotopic (exact) mass is 482 g/mol. The summed E-state index contributed by atoms with van der Waals surface area (Å²) in [6.45, 7) is 8.24. The molecule has 0 N–H and O–H groups in total. The number of carbonyl (C=O) groups is 2. The van der Waals surface area contributed by atoms with Crippen molar-refractivity contribution in [3.63, 3.8) is 0 Å². The van der Waals surface area contributed by atoms with E-state index in [2.05, 4.69) is 19.1 Å². The fourth-order valence-corrected chi connectivity index (χ4v) is 6.76. The Hall–Kier alpha value is -2.27. The molecular formula is C29H38O4S. The molecule has 1 aliphatic carbocycles. The Morgan fingerprint density at radius 2 is 1.62 bits per heavy atom. The van der Waals surface area contributed by atoms with E-state index in [1.165, 1.54) is 7.11 Å². The minimum Gasteiger partial charge on any atom is -0.497 e. The van der Waals surface area contributed by atoms with E-state index in [0.717, 1.165) is 65.7 Å². The summed E-state index contributed by atoms with van der Waals surface area (Å²) in [6.07, 6.45) is 4.74. The Morgan fingerprint density at radius 3 is 2.12 bits per heavy atom. The number of hydrogen-bond acceptors (Lipinski definition) is 5. The average Bonchev–Trinajstić information content (AvgIpc) is 2.84. The quantitative estimate of drug-likeness (QED) is 0.293. The van der Waals surface area contributed by atoms with Crippen LogP contribution in [-0.4, -0.2) is 30.7 Å². The van der Waals surface area contributed by atoms with Crippen LogP contribution in [0.1, 0.15) is 72.8 Å². The summed E-state index contributed by atoms with van der Waals surface area (Å²) in [5.41, 5.74) is 5.02. The van der Waals surface area contributed by atoms with Crippen molar-refractivity contribution in [1.29, 1.82) is 0 Å². The molecule has 0 heterocycles. The number of carbonyl (C=O) groups excluding carboxylic acids is 2. The van der Waals surface area contributed by atoms with Crippen molar-refractivity contribution in [3.8, 4) is 5.75 Å². The zero-order valence-corrected chi connectivity index (χ0v) is 22.2. The highest BCUT2D eigenvalue weighted by Gasteiger charge is 2.48. The first-order valence-electron chi connectivity index (χ1n) is 12.2. The third-order valence-corrected chi connectivity index (χ3v) is 8.98. The standard InChI is InChI=1S/C29H38O4S/c1-7-22-12-14-29(15-13-22,34-18-23-8-10-24(32-5)11-9-23)27(30)26(28(31)33-6)25-20(3)16-19(2)17-21(25)4/h8-11,16-17,22,26H,7,12-15,18H2,1-6H3. The van der Waals surface area contributed by atoms with Gasteiger partial charge in [-0.05, 0) is 86.8 Å². The minimum atomic E-state index is -0.896. The highest BCUT2D eigenvalue weighted by molar-refractivity contribution is 8.00. The van der Waals surface area contributed by atoms with E-state index in [9.17, 15) is 9.59 Å². The lowest BCUT2D eigenvalue weighted by Crippen LogP contribution is -2.45. The largest absolute Gasteiger partial charge is 0.497 e. The molecule has 0 bridgehead atoms. The Bertz CT molecular complexity index is 980. The van der Waals surface area contributed by atoms with Gasteiger partial charge in [0.25, 0.3) is 0 Å². The molecule has 0 aliphatic heterocycles. The molecule has 0 aromatic heterocycles.